The summed E-state index contributed by atoms with van der Waals surface area (Å²) in [6.45, 7) is 3.97. The molecule has 5 nitrogen and oxygen atoms in total. The average molecular weight is 469 g/mol. The van der Waals surface area contributed by atoms with Gasteiger partial charge in [-0.25, -0.2) is 9.18 Å². The summed E-state index contributed by atoms with van der Waals surface area (Å²) in [6.07, 6.45) is 2.90. The lowest BCUT2D eigenvalue weighted by atomic mass is 9.92. The van der Waals surface area contributed by atoms with Crippen LogP contribution in [0.3, 0.4) is 0 Å². The van der Waals surface area contributed by atoms with E-state index in [1.165, 1.54) is 12.1 Å². The summed E-state index contributed by atoms with van der Waals surface area (Å²) < 4.78 is 14.2. The zero-order valence-corrected chi connectivity index (χ0v) is 19.5. The van der Waals surface area contributed by atoms with Gasteiger partial charge in [-0.3, -0.25) is 4.98 Å². The molecule has 0 amide bonds. The number of carboxylic acid groups (broad SMARTS) is 1. The van der Waals surface area contributed by atoms with Crippen LogP contribution in [-0.2, 0) is 6.42 Å². The number of aryl methyl sites for hydroxylation is 2. The number of benzene rings is 3. The summed E-state index contributed by atoms with van der Waals surface area (Å²) in [5.74, 6) is -2.06. The number of rotatable bonds is 7. The largest absolute Gasteiger partial charge is 0.478 e. The van der Waals surface area contributed by atoms with E-state index < -0.39 is 11.8 Å². The lowest BCUT2D eigenvalue weighted by molar-refractivity contribution is 0.0692. The minimum Gasteiger partial charge on any atom is -0.478 e. The Balaban J connectivity index is 1.56. The maximum absolute atomic E-state index is 14.2. The fraction of sp³-hybridized carbons (Fsp3) is 0.138. The van der Waals surface area contributed by atoms with Gasteiger partial charge in [0.1, 0.15) is 5.82 Å². The van der Waals surface area contributed by atoms with Crippen LogP contribution in [0.25, 0.3) is 22.3 Å². The second kappa shape index (κ2) is 10.3. The summed E-state index contributed by atoms with van der Waals surface area (Å²) in [6, 6.07) is 21.7. The summed E-state index contributed by atoms with van der Waals surface area (Å²) in [4.78, 5) is 15.4. The minimum atomic E-state index is -1.29. The number of halogens is 1. The van der Waals surface area contributed by atoms with Gasteiger partial charge in [-0.05, 0) is 84.3 Å². The minimum absolute atomic E-state index is 0.353. The topological polar surface area (TPSA) is 82.8 Å². The van der Waals surface area contributed by atoms with Crippen molar-refractivity contribution in [3.63, 3.8) is 0 Å². The van der Waals surface area contributed by atoms with Gasteiger partial charge in [-0.1, -0.05) is 53.7 Å². The molecule has 35 heavy (non-hydrogen) atoms. The van der Waals surface area contributed by atoms with E-state index in [9.17, 15) is 14.4 Å². The third-order valence-corrected chi connectivity index (χ3v) is 6.08. The summed E-state index contributed by atoms with van der Waals surface area (Å²) in [7, 11) is 0. The first-order valence-electron chi connectivity index (χ1n) is 11.2. The lowest BCUT2D eigenvalue weighted by Gasteiger charge is -2.13. The molecule has 176 valence electrons. The monoisotopic (exact) mass is 468 g/mol. The van der Waals surface area contributed by atoms with Gasteiger partial charge < -0.3 is 10.3 Å². The van der Waals surface area contributed by atoms with Crippen LogP contribution >= 0.6 is 0 Å². The Morgan fingerprint density at radius 1 is 0.914 bits per heavy atom. The van der Waals surface area contributed by atoms with Gasteiger partial charge in [-0.2, -0.15) is 0 Å². The van der Waals surface area contributed by atoms with Crippen LogP contribution < -0.4 is 0 Å². The summed E-state index contributed by atoms with van der Waals surface area (Å²) >= 11 is 0. The molecule has 1 aromatic heterocycles. The smallest absolute Gasteiger partial charge is 0.338 e. The molecular formula is C29H25FN2O3. The van der Waals surface area contributed by atoms with Crippen LogP contribution in [-0.4, -0.2) is 27.0 Å². The zero-order valence-electron chi connectivity index (χ0n) is 19.5. The number of hydrogen-bond acceptors (Lipinski definition) is 4. The molecule has 0 saturated carbocycles. The summed E-state index contributed by atoms with van der Waals surface area (Å²) in [5.41, 5.74) is 7.55. The molecule has 0 atom stereocenters. The highest BCUT2D eigenvalue weighted by Gasteiger charge is 2.14. The zero-order chi connectivity index (χ0) is 24.9. The third kappa shape index (κ3) is 5.27. The van der Waals surface area contributed by atoms with E-state index in [1.807, 2.05) is 68.4 Å². The van der Waals surface area contributed by atoms with Crippen molar-refractivity contribution >= 4 is 11.7 Å². The molecule has 0 aliphatic rings. The maximum Gasteiger partial charge on any atom is 0.338 e. The molecule has 1 heterocycles. The first kappa shape index (κ1) is 23.8. The standard InChI is InChI=1S/C29H25FN2O3/c1-18-15-23(13-14-31-18)24-7-4-8-25(19(24)2)28(32-35)12-9-20-5-3-6-21(16-20)22-10-11-26(29(33)34)27(30)17-22/h3-8,10-11,13-17,35H,9,12H2,1-2H3,(H,33,34)/b32-28+. The van der Waals surface area contributed by atoms with Crippen LogP contribution in [0, 0.1) is 19.7 Å². The first-order chi connectivity index (χ1) is 16.9. The van der Waals surface area contributed by atoms with Crippen molar-refractivity contribution in [2.45, 2.75) is 26.7 Å². The molecule has 0 saturated heterocycles. The van der Waals surface area contributed by atoms with Gasteiger partial charge >= 0.3 is 5.97 Å². The van der Waals surface area contributed by atoms with Crippen LogP contribution in [0.2, 0.25) is 0 Å². The van der Waals surface area contributed by atoms with Gasteiger partial charge in [0.2, 0.25) is 0 Å². The molecule has 0 bridgehead atoms. The van der Waals surface area contributed by atoms with Gasteiger partial charge in [0.05, 0.1) is 11.3 Å². The molecule has 4 aromatic rings. The highest BCUT2D eigenvalue weighted by molar-refractivity contribution is 6.03. The van der Waals surface area contributed by atoms with Gasteiger partial charge in [0, 0.05) is 17.5 Å². The van der Waals surface area contributed by atoms with Gasteiger partial charge in [0.25, 0.3) is 0 Å². The van der Waals surface area contributed by atoms with E-state index in [1.54, 1.807) is 12.3 Å². The number of hydrogen-bond donors (Lipinski definition) is 2. The Labute approximate surface area is 203 Å². The van der Waals surface area contributed by atoms with Crippen molar-refractivity contribution in [2.24, 2.45) is 5.16 Å². The van der Waals surface area contributed by atoms with Crippen molar-refractivity contribution in [3.8, 4) is 22.3 Å². The Morgan fingerprint density at radius 3 is 2.40 bits per heavy atom. The van der Waals surface area contributed by atoms with Crippen LogP contribution in [0.4, 0.5) is 4.39 Å². The van der Waals surface area contributed by atoms with E-state index in [2.05, 4.69) is 10.1 Å². The average Bonchev–Trinajstić information content (AvgIpc) is 2.85. The number of carbonyl (C=O) groups is 1. The van der Waals surface area contributed by atoms with Gasteiger partial charge in [0.15, 0.2) is 0 Å². The van der Waals surface area contributed by atoms with Crippen LogP contribution in [0.1, 0.15) is 39.2 Å². The number of pyridine rings is 1. The molecule has 0 spiro atoms. The number of aromatic nitrogens is 1. The molecule has 2 N–H and O–H groups in total. The third-order valence-electron chi connectivity index (χ3n) is 6.08. The van der Waals surface area contributed by atoms with Crippen molar-refractivity contribution in [1.82, 2.24) is 4.98 Å². The molecular weight excluding hydrogens is 443 g/mol. The second-order valence-corrected chi connectivity index (χ2v) is 8.41. The fourth-order valence-corrected chi connectivity index (χ4v) is 4.25. The number of oxime groups is 1. The Hall–Kier alpha value is -4.32. The molecule has 0 aliphatic carbocycles. The van der Waals surface area contributed by atoms with Crippen molar-refractivity contribution in [3.05, 3.63) is 113 Å². The van der Waals surface area contributed by atoms with Gasteiger partial charge in [-0.15, -0.1) is 0 Å². The molecule has 4 rings (SSSR count). The van der Waals surface area contributed by atoms with E-state index in [0.29, 0.717) is 24.1 Å². The quantitative estimate of drug-likeness (QED) is 0.180. The Morgan fingerprint density at radius 2 is 1.69 bits per heavy atom. The highest BCUT2D eigenvalue weighted by atomic mass is 19.1. The Kier molecular flexibility index (Phi) is 7.01. The molecule has 0 aliphatic heterocycles. The second-order valence-electron chi connectivity index (χ2n) is 8.41. The predicted molar refractivity (Wildman–Crippen MR) is 135 cm³/mol. The fourth-order valence-electron chi connectivity index (χ4n) is 4.25. The maximum atomic E-state index is 14.2. The molecule has 3 aromatic carbocycles. The summed E-state index contributed by atoms with van der Waals surface area (Å²) in [5, 5.41) is 22.5. The van der Waals surface area contributed by atoms with Crippen LogP contribution in [0.5, 0.6) is 0 Å². The normalized spacial score (nSPS) is 11.5. The van der Waals surface area contributed by atoms with Crippen molar-refractivity contribution < 1.29 is 19.5 Å². The number of aromatic carboxylic acids is 1. The van der Waals surface area contributed by atoms with E-state index in [4.69, 9.17) is 5.11 Å². The van der Waals surface area contributed by atoms with E-state index in [-0.39, 0.29) is 5.56 Å². The predicted octanol–water partition coefficient (Wildman–Crippen LogP) is 6.68. The molecule has 0 unspecified atom stereocenters. The highest BCUT2D eigenvalue weighted by Crippen LogP contribution is 2.28. The Bertz CT molecular complexity index is 1430. The van der Waals surface area contributed by atoms with Crippen molar-refractivity contribution in [1.29, 1.82) is 0 Å². The van der Waals surface area contributed by atoms with E-state index in [0.717, 1.165) is 39.1 Å². The van der Waals surface area contributed by atoms with Crippen LogP contribution in [0.15, 0.2) is 84.1 Å². The molecule has 6 heteroatoms. The van der Waals surface area contributed by atoms with Crippen molar-refractivity contribution in [2.75, 3.05) is 0 Å². The lowest BCUT2D eigenvalue weighted by Crippen LogP contribution is -2.06. The number of nitrogens with zero attached hydrogens (tertiary/aromatic N) is 2. The SMILES string of the molecule is Cc1cc(-c2cccc(/C(CCc3cccc(-c4ccc(C(=O)O)c(F)c4)c3)=N/O)c2C)ccn1. The molecule has 0 fully saturated rings. The van der Waals surface area contributed by atoms with E-state index >= 15 is 0 Å². The first-order valence-corrected chi connectivity index (χ1v) is 11.2. The molecule has 0 radical (unpaired) electrons. The number of carboxylic acids is 1.